The van der Waals surface area contributed by atoms with Gasteiger partial charge in [-0.2, -0.15) is 0 Å². The lowest BCUT2D eigenvalue weighted by atomic mass is 10.2. The van der Waals surface area contributed by atoms with Crippen LogP contribution in [0, 0.1) is 5.82 Å². The smallest absolute Gasteiger partial charge is 0.138 e. The van der Waals surface area contributed by atoms with Gasteiger partial charge in [0.2, 0.25) is 0 Å². The highest BCUT2D eigenvalue weighted by Gasteiger charge is 2.06. The van der Waals surface area contributed by atoms with E-state index in [0.29, 0.717) is 5.52 Å². The predicted molar refractivity (Wildman–Crippen MR) is 69.2 cm³/mol. The van der Waals surface area contributed by atoms with Crippen LogP contribution in [0.4, 0.5) is 4.39 Å². The van der Waals surface area contributed by atoms with Crippen LogP contribution < -0.4 is 0 Å². The van der Waals surface area contributed by atoms with Gasteiger partial charge in [-0.3, -0.25) is 0 Å². The average molecular weight is 291 g/mol. The Morgan fingerprint density at radius 3 is 2.82 bits per heavy atom. The third kappa shape index (κ3) is 1.96. The number of imidazole rings is 1. The summed E-state index contributed by atoms with van der Waals surface area (Å²) in [5.74, 6) is 0.480. The fourth-order valence-electron chi connectivity index (χ4n) is 1.75. The third-order valence-corrected chi connectivity index (χ3v) is 3.04. The molecule has 0 atom stereocenters. The van der Waals surface area contributed by atoms with Crippen LogP contribution in [0.5, 0.6) is 0 Å². The molecule has 0 aliphatic carbocycles. The van der Waals surface area contributed by atoms with E-state index < -0.39 is 0 Å². The molecule has 4 heteroatoms. The fraction of sp³-hybridized carbons (Fsp3) is 0. The maximum Gasteiger partial charge on any atom is 0.138 e. The monoisotopic (exact) mass is 290 g/mol. The Labute approximate surface area is 106 Å². The van der Waals surface area contributed by atoms with E-state index in [9.17, 15) is 4.39 Å². The SMILES string of the molecule is Fc1ccc2nc(-c3cccc(Br)c3)[nH]c2c1. The highest BCUT2D eigenvalue weighted by Crippen LogP contribution is 2.23. The molecule has 84 valence electrons. The zero-order valence-corrected chi connectivity index (χ0v) is 10.3. The molecule has 0 unspecified atom stereocenters. The highest BCUT2D eigenvalue weighted by molar-refractivity contribution is 9.10. The number of nitrogens with zero attached hydrogens (tertiary/aromatic N) is 1. The van der Waals surface area contributed by atoms with Crippen molar-refractivity contribution in [2.75, 3.05) is 0 Å². The summed E-state index contributed by atoms with van der Waals surface area (Å²) in [6.45, 7) is 0. The van der Waals surface area contributed by atoms with Crippen LogP contribution in [0.1, 0.15) is 0 Å². The van der Waals surface area contributed by atoms with Crippen LogP contribution >= 0.6 is 15.9 Å². The van der Waals surface area contributed by atoms with Gasteiger partial charge >= 0.3 is 0 Å². The largest absolute Gasteiger partial charge is 0.338 e. The van der Waals surface area contributed by atoms with Crippen molar-refractivity contribution in [2.24, 2.45) is 0 Å². The molecule has 2 nitrogen and oxygen atoms in total. The molecular formula is C13H8BrFN2. The molecule has 3 rings (SSSR count). The van der Waals surface area contributed by atoms with Gasteiger partial charge in [0.05, 0.1) is 11.0 Å². The number of H-pyrrole nitrogens is 1. The Morgan fingerprint density at radius 2 is 2.00 bits per heavy atom. The summed E-state index contributed by atoms with van der Waals surface area (Å²) in [5.41, 5.74) is 2.44. The second-order valence-electron chi connectivity index (χ2n) is 3.76. The number of aromatic amines is 1. The Bertz CT molecular complexity index is 691. The average Bonchev–Trinajstić information content (AvgIpc) is 2.72. The molecule has 1 heterocycles. The van der Waals surface area contributed by atoms with Crippen LogP contribution in [-0.2, 0) is 0 Å². The van der Waals surface area contributed by atoms with Crippen molar-refractivity contribution in [1.82, 2.24) is 9.97 Å². The van der Waals surface area contributed by atoms with Crippen LogP contribution in [0.25, 0.3) is 22.4 Å². The van der Waals surface area contributed by atoms with E-state index in [-0.39, 0.29) is 5.82 Å². The Balaban J connectivity index is 2.18. The van der Waals surface area contributed by atoms with Crippen LogP contribution in [0.2, 0.25) is 0 Å². The first kappa shape index (κ1) is 10.5. The Hall–Kier alpha value is -1.68. The van der Waals surface area contributed by atoms with Gasteiger partial charge in [0, 0.05) is 10.0 Å². The third-order valence-electron chi connectivity index (χ3n) is 2.54. The molecule has 0 spiro atoms. The summed E-state index contributed by atoms with van der Waals surface area (Å²) < 4.78 is 14.0. The lowest BCUT2D eigenvalue weighted by Gasteiger charge is -1.96. The molecule has 1 aromatic heterocycles. The lowest BCUT2D eigenvalue weighted by molar-refractivity contribution is 0.629. The molecule has 0 saturated heterocycles. The number of nitrogens with one attached hydrogen (secondary N) is 1. The van der Waals surface area contributed by atoms with E-state index in [4.69, 9.17) is 0 Å². The minimum atomic E-state index is -0.262. The quantitative estimate of drug-likeness (QED) is 0.717. The number of rotatable bonds is 1. The summed E-state index contributed by atoms with van der Waals surface area (Å²) in [7, 11) is 0. The number of fused-ring (bicyclic) bond motifs is 1. The van der Waals surface area contributed by atoms with E-state index in [1.807, 2.05) is 24.3 Å². The van der Waals surface area contributed by atoms with Crippen molar-refractivity contribution in [3.63, 3.8) is 0 Å². The van der Waals surface area contributed by atoms with Gasteiger partial charge in [-0.1, -0.05) is 28.1 Å². The van der Waals surface area contributed by atoms with Crippen molar-refractivity contribution < 1.29 is 4.39 Å². The van der Waals surface area contributed by atoms with Gasteiger partial charge in [0.15, 0.2) is 0 Å². The van der Waals surface area contributed by atoms with Crippen molar-refractivity contribution in [1.29, 1.82) is 0 Å². The van der Waals surface area contributed by atoms with Crippen molar-refractivity contribution in [2.45, 2.75) is 0 Å². The molecule has 17 heavy (non-hydrogen) atoms. The molecule has 0 amide bonds. The molecule has 0 aliphatic rings. The van der Waals surface area contributed by atoms with Crippen molar-refractivity contribution in [3.8, 4) is 11.4 Å². The molecule has 0 saturated carbocycles. The normalized spacial score (nSPS) is 10.9. The van der Waals surface area contributed by atoms with Gasteiger partial charge in [0.25, 0.3) is 0 Å². The molecule has 0 aliphatic heterocycles. The first-order valence-corrected chi connectivity index (χ1v) is 5.93. The van der Waals surface area contributed by atoms with Crippen LogP contribution in [0.15, 0.2) is 46.9 Å². The lowest BCUT2D eigenvalue weighted by Crippen LogP contribution is -1.79. The second-order valence-corrected chi connectivity index (χ2v) is 4.67. The Kier molecular flexibility index (Phi) is 2.44. The number of hydrogen-bond acceptors (Lipinski definition) is 1. The molecule has 2 aromatic carbocycles. The van der Waals surface area contributed by atoms with Gasteiger partial charge in [-0.15, -0.1) is 0 Å². The summed E-state index contributed by atoms with van der Waals surface area (Å²) in [4.78, 5) is 7.53. The summed E-state index contributed by atoms with van der Waals surface area (Å²) >= 11 is 3.41. The molecule has 0 radical (unpaired) electrons. The summed E-state index contributed by atoms with van der Waals surface area (Å²) in [6.07, 6.45) is 0. The van der Waals surface area contributed by atoms with Crippen LogP contribution in [0.3, 0.4) is 0 Å². The van der Waals surface area contributed by atoms with E-state index >= 15 is 0 Å². The number of halogens is 2. The van der Waals surface area contributed by atoms with Gasteiger partial charge < -0.3 is 4.98 Å². The second kappa shape index (κ2) is 3.96. The zero-order chi connectivity index (χ0) is 11.8. The number of hydrogen-bond donors (Lipinski definition) is 1. The predicted octanol–water partition coefficient (Wildman–Crippen LogP) is 4.13. The summed E-state index contributed by atoms with van der Waals surface area (Å²) in [6, 6.07) is 12.3. The first-order chi connectivity index (χ1) is 8.22. The minimum absolute atomic E-state index is 0.262. The minimum Gasteiger partial charge on any atom is -0.338 e. The standard InChI is InChI=1S/C13H8BrFN2/c14-9-3-1-2-8(6-9)13-16-11-5-4-10(15)7-12(11)17-13/h1-7H,(H,16,17). The summed E-state index contributed by atoms with van der Waals surface area (Å²) in [5, 5.41) is 0. The fourth-order valence-corrected chi connectivity index (χ4v) is 2.15. The maximum absolute atomic E-state index is 13.1. The number of benzene rings is 2. The van der Waals surface area contributed by atoms with Crippen molar-refractivity contribution in [3.05, 3.63) is 52.8 Å². The van der Waals surface area contributed by atoms with E-state index in [1.165, 1.54) is 12.1 Å². The Morgan fingerprint density at radius 1 is 1.12 bits per heavy atom. The zero-order valence-electron chi connectivity index (χ0n) is 8.74. The topological polar surface area (TPSA) is 28.7 Å². The number of aromatic nitrogens is 2. The van der Waals surface area contributed by atoms with E-state index in [2.05, 4.69) is 25.9 Å². The molecule has 1 N–H and O–H groups in total. The highest BCUT2D eigenvalue weighted by atomic mass is 79.9. The van der Waals surface area contributed by atoms with Gasteiger partial charge in [0.1, 0.15) is 11.6 Å². The first-order valence-electron chi connectivity index (χ1n) is 5.13. The van der Waals surface area contributed by atoms with Crippen molar-refractivity contribution >= 4 is 27.0 Å². The molecule has 0 fully saturated rings. The maximum atomic E-state index is 13.1. The van der Waals surface area contributed by atoms with E-state index in [1.54, 1.807) is 6.07 Å². The molecular weight excluding hydrogens is 283 g/mol. The van der Waals surface area contributed by atoms with Gasteiger partial charge in [-0.25, -0.2) is 9.37 Å². The molecule has 0 bridgehead atoms. The molecule has 3 aromatic rings. The van der Waals surface area contributed by atoms with Gasteiger partial charge in [-0.05, 0) is 30.3 Å². The van der Waals surface area contributed by atoms with E-state index in [0.717, 1.165) is 21.4 Å². The van der Waals surface area contributed by atoms with Crippen LogP contribution in [-0.4, -0.2) is 9.97 Å².